The van der Waals surface area contributed by atoms with Gasteiger partial charge in [-0.3, -0.25) is 37.3 Å². The summed E-state index contributed by atoms with van der Waals surface area (Å²) >= 11 is 0. The van der Waals surface area contributed by atoms with E-state index < -0.39 is 97.5 Å². The summed E-state index contributed by atoms with van der Waals surface area (Å²) in [7, 11) is -9.92. The van der Waals surface area contributed by atoms with E-state index in [9.17, 15) is 43.2 Å². The third kappa shape index (κ3) is 78.0. The van der Waals surface area contributed by atoms with Crippen molar-refractivity contribution in [3.05, 3.63) is 0 Å². The van der Waals surface area contributed by atoms with Crippen LogP contribution in [-0.4, -0.2) is 96.7 Å². The molecular weight excluding hydrogens is 1340 g/mol. The van der Waals surface area contributed by atoms with Crippen molar-refractivity contribution in [3.8, 4) is 0 Å². The summed E-state index contributed by atoms with van der Waals surface area (Å²) in [5.74, 6) is 0.190. The van der Waals surface area contributed by atoms with E-state index in [4.69, 9.17) is 37.0 Å². The van der Waals surface area contributed by atoms with Gasteiger partial charge in [-0.05, 0) is 43.4 Å². The van der Waals surface area contributed by atoms with Gasteiger partial charge in [-0.2, -0.15) is 0 Å². The fourth-order valence-electron chi connectivity index (χ4n) is 13.0. The number of aliphatic hydroxyl groups is 1. The highest BCUT2D eigenvalue weighted by atomic mass is 31.2. The van der Waals surface area contributed by atoms with Crippen LogP contribution in [0.1, 0.15) is 440 Å². The van der Waals surface area contributed by atoms with Gasteiger partial charge >= 0.3 is 39.5 Å². The highest BCUT2D eigenvalue weighted by molar-refractivity contribution is 7.47. The predicted octanol–water partition coefficient (Wildman–Crippen LogP) is 25.3. The lowest BCUT2D eigenvalue weighted by Gasteiger charge is -2.21. The maximum absolute atomic E-state index is 13.1. The number of unbranched alkanes of at least 4 members (excludes halogenated alkanes) is 50. The van der Waals surface area contributed by atoms with Crippen LogP contribution in [0.5, 0.6) is 0 Å². The maximum atomic E-state index is 13.1. The van der Waals surface area contributed by atoms with Gasteiger partial charge < -0.3 is 33.8 Å². The van der Waals surface area contributed by atoms with Gasteiger partial charge in [0.05, 0.1) is 26.4 Å². The lowest BCUT2D eigenvalue weighted by molar-refractivity contribution is -0.161. The average Bonchev–Trinajstić information content (AvgIpc) is 0.920. The molecular formula is C84H164O17P2. The quantitative estimate of drug-likeness (QED) is 0.0222. The minimum atomic E-state index is -4.96. The SMILES string of the molecule is CCCCCCCCCCCCCCCCCCC(=O)O[C@H](COC(=O)CCCCCCCCC(C)C)COP(=O)(O)OC[C@H](O)COP(=O)(O)OC[C@@H](COC(=O)CCCCCCCCCCCCCCCCC(C)C)OC(=O)CCCCCCCCCCCCCCCCCCCCC(C)C. The van der Waals surface area contributed by atoms with Crippen molar-refractivity contribution in [2.45, 2.75) is 458 Å². The standard InChI is InChI=1S/C84H164O17P2/c1-8-9-10-11-12-13-14-15-16-22-29-34-39-44-53-60-68-84(89)101-80(72-95-82(87)66-59-52-47-46-50-57-64-77(6)7)74-99-103(92,93)97-70-78(85)69-96-102(90,91)98-73-79(71-94-81(86)65-58-51-43-38-33-28-25-24-27-32-37-42-49-56-63-76(4)5)100-83(88)67-61-54-45-40-35-30-23-20-18-17-19-21-26-31-36-41-48-55-62-75(2)3/h75-80,85H,8-74H2,1-7H3,(H,90,91)(H,92,93)/t78-,79-,80-/m1/s1. The molecule has 0 radical (unpaired) electrons. The number of ether oxygens (including phenoxy) is 4. The summed E-state index contributed by atoms with van der Waals surface area (Å²) in [6.45, 7) is 11.9. The molecule has 0 aromatic heterocycles. The molecule has 0 amide bonds. The number of aliphatic hydroxyl groups excluding tert-OH is 1. The summed E-state index contributed by atoms with van der Waals surface area (Å²) in [5.41, 5.74) is 0. The van der Waals surface area contributed by atoms with Crippen LogP contribution in [-0.2, 0) is 65.4 Å². The number of esters is 4. The second-order valence-corrected chi connectivity index (χ2v) is 34.6. The minimum Gasteiger partial charge on any atom is -0.462 e. The molecule has 0 spiro atoms. The molecule has 0 aliphatic heterocycles. The molecule has 0 aliphatic carbocycles. The molecule has 103 heavy (non-hydrogen) atoms. The predicted molar refractivity (Wildman–Crippen MR) is 423 cm³/mol. The first-order valence-corrected chi connectivity index (χ1v) is 46.3. The minimum absolute atomic E-state index is 0.107. The van der Waals surface area contributed by atoms with E-state index in [1.54, 1.807) is 0 Å². The van der Waals surface area contributed by atoms with Crippen molar-refractivity contribution in [3.63, 3.8) is 0 Å². The Morgan fingerprint density at radius 3 is 0.660 bits per heavy atom. The summed E-state index contributed by atoms with van der Waals surface area (Å²) in [6.07, 6.45) is 64.0. The van der Waals surface area contributed by atoms with E-state index in [-0.39, 0.29) is 25.7 Å². The van der Waals surface area contributed by atoms with E-state index >= 15 is 0 Å². The first-order chi connectivity index (χ1) is 49.7. The highest BCUT2D eigenvalue weighted by Crippen LogP contribution is 2.45. The molecule has 0 aromatic rings. The third-order valence-electron chi connectivity index (χ3n) is 19.6. The van der Waals surface area contributed by atoms with Crippen molar-refractivity contribution < 1.29 is 80.2 Å². The van der Waals surface area contributed by atoms with Crippen LogP contribution in [0.25, 0.3) is 0 Å². The highest BCUT2D eigenvalue weighted by Gasteiger charge is 2.30. The number of carbonyl (C=O) groups is 4. The zero-order valence-electron chi connectivity index (χ0n) is 67.8. The molecule has 0 fully saturated rings. The molecule has 3 N–H and O–H groups in total. The average molecular weight is 1510 g/mol. The van der Waals surface area contributed by atoms with Crippen LogP contribution in [0.2, 0.25) is 0 Å². The second-order valence-electron chi connectivity index (χ2n) is 31.6. The van der Waals surface area contributed by atoms with E-state index in [0.29, 0.717) is 31.6 Å². The van der Waals surface area contributed by atoms with Gasteiger partial charge in [0.2, 0.25) is 0 Å². The van der Waals surface area contributed by atoms with Gasteiger partial charge in [0.15, 0.2) is 12.2 Å². The van der Waals surface area contributed by atoms with Gasteiger partial charge in [0.1, 0.15) is 19.3 Å². The van der Waals surface area contributed by atoms with Crippen LogP contribution in [0.4, 0.5) is 0 Å². The van der Waals surface area contributed by atoms with Crippen molar-refractivity contribution in [2.24, 2.45) is 17.8 Å². The molecule has 0 aliphatic rings. The number of hydrogen-bond donors (Lipinski definition) is 3. The Morgan fingerprint density at radius 2 is 0.447 bits per heavy atom. The molecule has 17 nitrogen and oxygen atoms in total. The van der Waals surface area contributed by atoms with Crippen LogP contribution in [0.15, 0.2) is 0 Å². The number of carbonyl (C=O) groups excluding carboxylic acids is 4. The lowest BCUT2D eigenvalue weighted by Crippen LogP contribution is -2.30. The monoisotopic (exact) mass is 1510 g/mol. The molecule has 0 aromatic carbocycles. The van der Waals surface area contributed by atoms with Crippen molar-refractivity contribution in [1.29, 1.82) is 0 Å². The Hall–Kier alpha value is -1.94. The van der Waals surface area contributed by atoms with Gasteiger partial charge in [-0.25, -0.2) is 9.13 Å². The van der Waals surface area contributed by atoms with Crippen molar-refractivity contribution in [1.82, 2.24) is 0 Å². The first kappa shape index (κ1) is 101. The fourth-order valence-corrected chi connectivity index (χ4v) is 14.6. The lowest BCUT2D eigenvalue weighted by atomic mass is 10.0. The topological polar surface area (TPSA) is 237 Å². The Kier molecular flexibility index (Phi) is 72.8. The molecule has 5 atom stereocenters. The summed E-state index contributed by atoms with van der Waals surface area (Å²) in [6, 6.07) is 0. The van der Waals surface area contributed by atoms with Crippen LogP contribution < -0.4 is 0 Å². The van der Waals surface area contributed by atoms with Crippen molar-refractivity contribution in [2.75, 3.05) is 39.6 Å². The Morgan fingerprint density at radius 1 is 0.262 bits per heavy atom. The molecule has 0 saturated heterocycles. The normalized spacial score (nSPS) is 13.9. The zero-order valence-corrected chi connectivity index (χ0v) is 69.6. The summed E-state index contributed by atoms with van der Waals surface area (Å²) in [5, 5.41) is 10.7. The van der Waals surface area contributed by atoms with E-state index in [2.05, 4.69) is 48.5 Å². The van der Waals surface area contributed by atoms with Gasteiger partial charge in [0.25, 0.3) is 0 Å². The van der Waals surface area contributed by atoms with Gasteiger partial charge in [0, 0.05) is 25.7 Å². The molecule has 0 rings (SSSR count). The number of phosphoric acid groups is 2. The molecule has 19 heteroatoms. The molecule has 2 unspecified atom stereocenters. The van der Waals surface area contributed by atoms with Gasteiger partial charge in [-0.1, -0.05) is 389 Å². The van der Waals surface area contributed by atoms with Crippen LogP contribution in [0.3, 0.4) is 0 Å². The largest absolute Gasteiger partial charge is 0.472 e. The van der Waals surface area contributed by atoms with Gasteiger partial charge in [-0.15, -0.1) is 0 Å². The van der Waals surface area contributed by atoms with E-state index in [0.717, 1.165) is 108 Å². The Labute approximate surface area is 632 Å². The number of hydrogen-bond acceptors (Lipinski definition) is 15. The van der Waals surface area contributed by atoms with E-state index in [1.165, 1.54) is 244 Å². The second kappa shape index (κ2) is 74.2. The smallest absolute Gasteiger partial charge is 0.462 e. The number of phosphoric ester groups is 2. The van der Waals surface area contributed by atoms with E-state index in [1.807, 2.05) is 0 Å². The zero-order chi connectivity index (χ0) is 75.8. The first-order valence-electron chi connectivity index (χ1n) is 43.3. The number of rotatable bonds is 82. The molecule has 0 saturated carbocycles. The fraction of sp³-hybridized carbons (Fsp3) is 0.952. The molecule has 0 bridgehead atoms. The third-order valence-corrected chi connectivity index (χ3v) is 21.5. The Bertz CT molecular complexity index is 1990. The van der Waals surface area contributed by atoms with Crippen LogP contribution in [0, 0.1) is 17.8 Å². The Balaban J connectivity index is 5.21. The van der Waals surface area contributed by atoms with Crippen molar-refractivity contribution >= 4 is 39.5 Å². The summed E-state index contributed by atoms with van der Waals surface area (Å²) in [4.78, 5) is 73.1. The molecule has 0 heterocycles. The maximum Gasteiger partial charge on any atom is 0.472 e. The molecule has 612 valence electrons. The summed E-state index contributed by atoms with van der Waals surface area (Å²) < 4.78 is 68.8. The van der Waals surface area contributed by atoms with Crippen LogP contribution >= 0.6 is 15.6 Å².